The van der Waals surface area contributed by atoms with Gasteiger partial charge in [0.15, 0.2) is 5.78 Å². The highest BCUT2D eigenvalue weighted by molar-refractivity contribution is 5.95. The number of carbonyl (C=O) groups is 5. The van der Waals surface area contributed by atoms with Crippen LogP contribution in [0.1, 0.15) is 105 Å². The van der Waals surface area contributed by atoms with Gasteiger partial charge in [0.2, 0.25) is 11.8 Å². The number of Topliss-reactive ketones (excluding diaryl/α,β-unsaturated/α-hetero) is 2. The summed E-state index contributed by atoms with van der Waals surface area (Å²) in [5.41, 5.74) is 1.57. The lowest BCUT2D eigenvalue weighted by Crippen LogP contribution is -2.51. The van der Waals surface area contributed by atoms with Crippen LogP contribution in [0.2, 0.25) is 0 Å². The van der Waals surface area contributed by atoms with Crippen LogP contribution in [-0.2, 0) is 24.0 Å². The molecule has 3 N–H and O–H groups in total. The third-order valence-electron chi connectivity index (χ3n) is 11.7. The molecule has 0 aliphatic heterocycles. The fourth-order valence-corrected chi connectivity index (χ4v) is 8.44. The Morgan fingerprint density at radius 2 is 1.61 bits per heavy atom. The highest BCUT2D eigenvalue weighted by atomic mass is 16.5. The van der Waals surface area contributed by atoms with Gasteiger partial charge in [-0.3, -0.25) is 19.2 Å². The number of fused-ring (bicyclic) bond motifs is 1. The van der Waals surface area contributed by atoms with Gasteiger partial charge in [-0.15, -0.1) is 0 Å². The second-order valence-electron chi connectivity index (χ2n) is 16.7. The quantitative estimate of drug-likeness (QED) is 0.125. The van der Waals surface area contributed by atoms with Crippen molar-refractivity contribution in [3.63, 3.8) is 0 Å². The molecule has 302 valence electrons. The number of carboxylic acids is 1. The number of hydrogen-bond acceptors (Lipinski definition) is 8. The van der Waals surface area contributed by atoms with Gasteiger partial charge in [-0.2, -0.15) is 0 Å². The van der Waals surface area contributed by atoms with Crippen LogP contribution in [0.4, 0.5) is 0 Å². The standard InChI is InChI=1S/C45H59N3O8/c1-7-15-35(44(53)54)47-42(51)33-23-30(56-40-26-36(27-16-11-9-12-17-27)46-37-24-29(55-6)20-21-31(37)40)22-32(33)39(50)25-34(45(3,4)5)43(52)48-41(38(49)8-2)28-18-13-10-14-19-28/h9,11-12,16-17,20-21,24,26,28,30,32-35,41H,7-8,10,13-15,18-19,22-23,25H2,1-6H3,(H,47,51)(H,48,52)(H,53,54)/t30-,32+,33+,34+,35-,41-/m0/s1. The van der Waals surface area contributed by atoms with Crippen LogP contribution in [0.3, 0.4) is 0 Å². The van der Waals surface area contributed by atoms with Gasteiger partial charge in [-0.25, -0.2) is 9.78 Å². The van der Waals surface area contributed by atoms with Crippen LogP contribution in [0.25, 0.3) is 22.2 Å². The molecule has 11 nitrogen and oxygen atoms in total. The molecular formula is C45H59N3O8. The molecular weight excluding hydrogens is 711 g/mol. The van der Waals surface area contributed by atoms with Crippen molar-refractivity contribution in [3.8, 4) is 22.8 Å². The fourth-order valence-electron chi connectivity index (χ4n) is 8.44. The number of ether oxygens (including phenoxy) is 2. The summed E-state index contributed by atoms with van der Waals surface area (Å²) >= 11 is 0. The van der Waals surface area contributed by atoms with Crippen LogP contribution in [0.5, 0.6) is 11.5 Å². The zero-order valence-electron chi connectivity index (χ0n) is 33.8. The Kier molecular flexibility index (Phi) is 14.3. The van der Waals surface area contributed by atoms with E-state index in [1.165, 1.54) is 0 Å². The van der Waals surface area contributed by atoms with E-state index in [9.17, 15) is 29.1 Å². The Labute approximate surface area is 330 Å². The third kappa shape index (κ3) is 10.3. The van der Waals surface area contributed by atoms with E-state index in [1.807, 2.05) is 89.2 Å². The zero-order chi connectivity index (χ0) is 40.6. The number of carboxylic acid groups (broad SMARTS) is 1. The summed E-state index contributed by atoms with van der Waals surface area (Å²) in [4.78, 5) is 72.8. The molecule has 2 aromatic carbocycles. The van der Waals surface area contributed by atoms with Gasteiger partial charge >= 0.3 is 5.97 Å². The molecule has 1 aromatic heterocycles. The molecule has 2 aliphatic carbocycles. The first-order valence-electron chi connectivity index (χ1n) is 20.3. The zero-order valence-corrected chi connectivity index (χ0v) is 33.8. The molecule has 0 unspecified atom stereocenters. The molecule has 5 rings (SSSR count). The van der Waals surface area contributed by atoms with Gasteiger partial charge in [-0.1, -0.05) is 90.6 Å². The second-order valence-corrected chi connectivity index (χ2v) is 16.7. The summed E-state index contributed by atoms with van der Waals surface area (Å²) in [6.07, 6.45) is 5.64. The number of methoxy groups -OCH3 is 1. The molecule has 2 saturated carbocycles. The Hall–Kier alpha value is -4.80. The first-order chi connectivity index (χ1) is 26.7. The van der Waals surface area contributed by atoms with Crippen molar-refractivity contribution in [2.24, 2.45) is 29.1 Å². The molecule has 1 heterocycles. The maximum atomic E-state index is 14.5. The number of hydrogen-bond donors (Lipinski definition) is 3. The molecule has 6 atom stereocenters. The van der Waals surface area contributed by atoms with Crippen molar-refractivity contribution < 1.29 is 38.6 Å². The Bertz CT molecular complexity index is 1870. The summed E-state index contributed by atoms with van der Waals surface area (Å²) in [5.74, 6) is -3.52. The molecule has 56 heavy (non-hydrogen) atoms. The predicted molar refractivity (Wildman–Crippen MR) is 215 cm³/mol. The van der Waals surface area contributed by atoms with E-state index < -0.39 is 53.2 Å². The minimum absolute atomic E-state index is 0.00526. The monoisotopic (exact) mass is 769 g/mol. The van der Waals surface area contributed by atoms with Gasteiger partial charge in [0.1, 0.15) is 29.4 Å². The van der Waals surface area contributed by atoms with E-state index in [2.05, 4.69) is 10.6 Å². The minimum atomic E-state index is -1.14. The van der Waals surface area contributed by atoms with Gasteiger partial charge in [-0.05, 0) is 55.6 Å². The van der Waals surface area contributed by atoms with Gasteiger partial charge in [0.25, 0.3) is 0 Å². The van der Waals surface area contributed by atoms with Crippen molar-refractivity contribution in [2.75, 3.05) is 7.11 Å². The number of aromatic nitrogens is 1. The van der Waals surface area contributed by atoms with Crippen LogP contribution in [0, 0.1) is 29.1 Å². The van der Waals surface area contributed by atoms with E-state index in [0.717, 1.165) is 43.1 Å². The van der Waals surface area contributed by atoms with Crippen LogP contribution >= 0.6 is 0 Å². The van der Waals surface area contributed by atoms with Crippen LogP contribution in [-0.4, -0.2) is 64.7 Å². The normalized spacial score (nSPS) is 20.4. The lowest BCUT2D eigenvalue weighted by atomic mass is 9.74. The van der Waals surface area contributed by atoms with Gasteiger partial charge in [0, 0.05) is 47.8 Å². The molecule has 2 aliphatic rings. The number of carbonyl (C=O) groups excluding carboxylic acids is 4. The summed E-state index contributed by atoms with van der Waals surface area (Å²) < 4.78 is 12.2. The van der Waals surface area contributed by atoms with Crippen molar-refractivity contribution in [3.05, 3.63) is 54.6 Å². The summed E-state index contributed by atoms with van der Waals surface area (Å²) in [6.45, 7) is 9.37. The Balaban J connectivity index is 1.45. The number of nitrogens with one attached hydrogen (secondary N) is 2. The molecule has 0 saturated heterocycles. The number of nitrogens with zero attached hydrogens (tertiary/aromatic N) is 1. The molecule has 0 bridgehead atoms. The summed E-state index contributed by atoms with van der Waals surface area (Å²) in [6, 6.07) is 15.4. The van der Waals surface area contributed by atoms with E-state index in [-0.39, 0.29) is 49.1 Å². The van der Waals surface area contributed by atoms with E-state index >= 15 is 0 Å². The van der Waals surface area contributed by atoms with E-state index in [0.29, 0.717) is 35.6 Å². The number of pyridine rings is 1. The summed E-state index contributed by atoms with van der Waals surface area (Å²) in [5, 5.41) is 16.4. The Morgan fingerprint density at radius 3 is 2.23 bits per heavy atom. The second kappa shape index (κ2) is 18.9. The third-order valence-corrected chi connectivity index (χ3v) is 11.7. The number of benzene rings is 2. The van der Waals surface area contributed by atoms with E-state index in [4.69, 9.17) is 14.5 Å². The van der Waals surface area contributed by atoms with E-state index in [1.54, 1.807) is 7.11 Å². The van der Waals surface area contributed by atoms with Crippen molar-refractivity contribution in [1.82, 2.24) is 15.6 Å². The largest absolute Gasteiger partial charge is 0.497 e. The van der Waals surface area contributed by atoms with Crippen molar-refractivity contribution in [1.29, 1.82) is 0 Å². The number of aliphatic carboxylic acids is 1. The van der Waals surface area contributed by atoms with Gasteiger partial charge < -0.3 is 25.2 Å². The topological polar surface area (TPSA) is 161 Å². The molecule has 3 aromatic rings. The number of amides is 2. The Morgan fingerprint density at radius 1 is 0.911 bits per heavy atom. The number of ketones is 2. The number of rotatable bonds is 17. The minimum Gasteiger partial charge on any atom is -0.497 e. The highest BCUT2D eigenvalue weighted by Gasteiger charge is 2.47. The van der Waals surface area contributed by atoms with Crippen molar-refractivity contribution >= 4 is 40.3 Å². The van der Waals surface area contributed by atoms with Gasteiger partial charge in [0.05, 0.1) is 30.3 Å². The summed E-state index contributed by atoms with van der Waals surface area (Å²) in [7, 11) is 1.59. The molecule has 11 heteroatoms. The van der Waals surface area contributed by atoms with Crippen molar-refractivity contribution in [2.45, 2.75) is 123 Å². The smallest absolute Gasteiger partial charge is 0.326 e. The van der Waals surface area contributed by atoms with Crippen LogP contribution in [0.15, 0.2) is 54.6 Å². The lowest BCUT2D eigenvalue weighted by Gasteiger charge is -2.35. The molecule has 0 spiro atoms. The molecule has 2 amide bonds. The van der Waals surface area contributed by atoms with Crippen LogP contribution < -0.4 is 20.1 Å². The SMILES string of the molecule is CCC[C@H](NC(=O)[C@@H]1C[C@@H](Oc2cc(-c3ccccc3)nc3cc(OC)ccc23)C[C@H]1C(=O)C[C@H](C(=O)N[C@H](C(=O)CC)C1CCCCC1)C(C)(C)C)C(=O)O. The first kappa shape index (κ1) is 42.3. The fraction of sp³-hybridized carbons (Fsp3) is 0.556. The highest BCUT2D eigenvalue weighted by Crippen LogP contribution is 2.41. The predicted octanol–water partition coefficient (Wildman–Crippen LogP) is 7.72. The average molecular weight is 770 g/mol. The maximum Gasteiger partial charge on any atom is 0.326 e. The average Bonchev–Trinajstić information content (AvgIpc) is 3.62. The molecule has 2 fully saturated rings. The molecule has 0 radical (unpaired) electrons. The maximum absolute atomic E-state index is 14.5. The first-order valence-corrected chi connectivity index (χ1v) is 20.3. The lowest BCUT2D eigenvalue weighted by molar-refractivity contribution is -0.143.